The Bertz CT molecular complexity index is 917. The first-order valence-electron chi connectivity index (χ1n) is 9.85. The summed E-state index contributed by atoms with van der Waals surface area (Å²) in [6.45, 7) is 5.41. The third-order valence-corrected chi connectivity index (χ3v) is 5.35. The van der Waals surface area contributed by atoms with Crippen LogP contribution in [0.4, 0.5) is 4.39 Å². The van der Waals surface area contributed by atoms with Crippen LogP contribution in [0.25, 0.3) is 0 Å². The van der Waals surface area contributed by atoms with E-state index in [2.05, 4.69) is 10.3 Å². The third-order valence-electron chi connectivity index (χ3n) is 5.35. The van der Waals surface area contributed by atoms with Gasteiger partial charge in [0.05, 0.1) is 12.2 Å². The zero-order chi connectivity index (χ0) is 19.8. The molecule has 0 atom stereocenters. The number of nitrogens with zero attached hydrogens (tertiary/aromatic N) is 3. The molecule has 2 aliphatic rings. The Morgan fingerprint density at radius 3 is 2.79 bits per heavy atom. The van der Waals surface area contributed by atoms with Gasteiger partial charge in [-0.3, -0.25) is 9.59 Å². The summed E-state index contributed by atoms with van der Waals surface area (Å²) < 4.78 is 15.3. The first-order chi connectivity index (χ1) is 13.4. The molecule has 2 heterocycles. The lowest BCUT2D eigenvalue weighted by Crippen LogP contribution is -2.37. The molecule has 7 heteroatoms. The van der Waals surface area contributed by atoms with Crippen LogP contribution in [-0.2, 0) is 24.3 Å². The topological polar surface area (TPSA) is 67.2 Å². The molecule has 28 heavy (non-hydrogen) atoms. The number of halogens is 1. The number of carbonyl (C=O) groups excluding carboxylic acids is 2. The summed E-state index contributed by atoms with van der Waals surface area (Å²) in [6, 6.07) is 6.25. The summed E-state index contributed by atoms with van der Waals surface area (Å²) in [4.78, 5) is 31.7. The summed E-state index contributed by atoms with van der Waals surface area (Å²) in [5.41, 5.74) is 2.54. The van der Waals surface area contributed by atoms with E-state index in [4.69, 9.17) is 0 Å². The lowest BCUT2D eigenvalue weighted by Gasteiger charge is -2.28. The first kappa shape index (κ1) is 18.7. The maximum atomic E-state index is 13.3. The minimum Gasteiger partial charge on any atom is -0.345 e. The van der Waals surface area contributed by atoms with Gasteiger partial charge in [0.1, 0.15) is 5.82 Å². The van der Waals surface area contributed by atoms with Crippen LogP contribution in [-0.4, -0.2) is 32.8 Å². The van der Waals surface area contributed by atoms with Gasteiger partial charge in [0.15, 0.2) is 5.82 Å². The van der Waals surface area contributed by atoms with Crippen LogP contribution in [0.15, 0.2) is 24.3 Å². The summed E-state index contributed by atoms with van der Waals surface area (Å²) in [6.07, 6.45) is 2.67. The molecule has 6 nitrogen and oxygen atoms in total. The molecule has 0 radical (unpaired) electrons. The second-order valence-corrected chi connectivity index (χ2v) is 7.89. The maximum Gasteiger partial charge on any atom is 0.287 e. The van der Waals surface area contributed by atoms with Crippen molar-refractivity contribution in [3.63, 3.8) is 0 Å². The number of fused-ring (bicyclic) bond motifs is 1. The average Bonchev–Trinajstić information content (AvgIpc) is 3.44. The summed E-state index contributed by atoms with van der Waals surface area (Å²) in [5.74, 6) is 0.139. The van der Waals surface area contributed by atoms with Crippen LogP contribution in [0.2, 0.25) is 0 Å². The van der Waals surface area contributed by atoms with Gasteiger partial charge < -0.3 is 14.8 Å². The van der Waals surface area contributed by atoms with Gasteiger partial charge in [0.2, 0.25) is 5.91 Å². The van der Waals surface area contributed by atoms with Crippen molar-refractivity contribution in [1.29, 1.82) is 0 Å². The summed E-state index contributed by atoms with van der Waals surface area (Å²) in [5, 5.41) is 2.84. The van der Waals surface area contributed by atoms with Gasteiger partial charge in [0, 0.05) is 37.2 Å². The number of hydrogen-bond donors (Lipinski definition) is 1. The Labute approximate surface area is 163 Å². The molecule has 148 valence electrons. The molecular formula is C21H25FN4O2. The number of imidazole rings is 1. The highest BCUT2D eigenvalue weighted by Gasteiger charge is 2.36. The largest absolute Gasteiger partial charge is 0.345 e. The molecule has 1 saturated carbocycles. The minimum atomic E-state index is -0.327. The molecule has 0 spiro atoms. The van der Waals surface area contributed by atoms with Crippen LogP contribution < -0.4 is 5.32 Å². The van der Waals surface area contributed by atoms with Gasteiger partial charge in [-0.1, -0.05) is 12.1 Å². The quantitative estimate of drug-likeness (QED) is 0.862. The lowest BCUT2D eigenvalue weighted by molar-refractivity contribution is -0.133. The highest BCUT2D eigenvalue weighted by Crippen LogP contribution is 2.33. The van der Waals surface area contributed by atoms with Crippen molar-refractivity contribution >= 4 is 11.8 Å². The highest BCUT2D eigenvalue weighted by atomic mass is 19.1. The van der Waals surface area contributed by atoms with Crippen molar-refractivity contribution in [2.45, 2.75) is 52.2 Å². The van der Waals surface area contributed by atoms with E-state index in [0.29, 0.717) is 30.9 Å². The number of aromatic nitrogens is 2. The van der Waals surface area contributed by atoms with E-state index >= 15 is 0 Å². The molecule has 1 aliphatic carbocycles. The molecular weight excluding hydrogens is 359 g/mol. The van der Waals surface area contributed by atoms with Gasteiger partial charge in [0.25, 0.3) is 5.91 Å². The van der Waals surface area contributed by atoms with E-state index in [-0.39, 0.29) is 36.1 Å². The Hall–Kier alpha value is -2.70. The molecule has 1 N–H and O–H groups in total. The highest BCUT2D eigenvalue weighted by molar-refractivity contribution is 5.91. The molecule has 1 aromatic heterocycles. The third kappa shape index (κ3) is 3.66. The van der Waals surface area contributed by atoms with Crippen LogP contribution in [0, 0.1) is 11.7 Å². The van der Waals surface area contributed by atoms with E-state index in [1.54, 1.807) is 12.1 Å². The molecule has 4 rings (SSSR count). The van der Waals surface area contributed by atoms with Gasteiger partial charge >= 0.3 is 0 Å². The number of amides is 2. The van der Waals surface area contributed by atoms with Crippen LogP contribution in [0.1, 0.15) is 60.3 Å². The molecule has 0 unspecified atom stereocenters. The van der Waals surface area contributed by atoms with Gasteiger partial charge in [-0.2, -0.15) is 0 Å². The van der Waals surface area contributed by atoms with E-state index < -0.39 is 0 Å². The van der Waals surface area contributed by atoms with Gasteiger partial charge in [-0.05, 0) is 44.4 Å². The Balaban J connectivity index is 1.53. The number of nitrogens with one attached hydrogen (secondary N) is 1. The van der Waals surface area contributed by atoms with Gasteiger partial charge in [-0.25, -0.2) is 9.37 Å². The first-order valence-corrected chi connectivity index (χ1v) is 9.85. The molecule has 2 amide bonds. The predicted molar refractivity (Wildman–Crippen MR) is 102 cm³/mol. The number of benzene rings is 1. The minimum absolute atomic E-state index is 0.0804. The van der Waals surface area contributed by atoms with E-state index in [0.717, 1.165) is 24.2 Å². The SMILES string of the molecule is CC(C)n1c(C(=O)NCc2cccc(F)c2)nc2c1CCN(C(=O)C1CC1)C2. The van der Waals surface area contributed by atoms with Crippen LogP contribution in [0.3, 0.4) is 0 Å². The molecule has 0 bridgehead atoms. The van der Waals surface area contributed by atoms with E-state index in [1.165, 1.54) is 12.1 Å². The monoisotopic (exact) mass is 384 g/mol. The van der Waals surface area contributed by atoms with E-state index in [1.807, 2.05) is 23.3 Å². The zero-order valence-corrected chi connectivity index (χ0v) is 16.2. The molecule has 1 fully saturated rings. The number of rotatable bonds is 5. The van der Waals surface area contributed by atoms with Gasteiger partial charge in [-0.15, -0.1) is 0 Å². The number of carbonyl (C=O) groups is 2. The van der Waals surface area contributed by atoms with Crippen molar-refractivity contribution in [2.24, 2.45) is 5.92 Å². The fraction of sp³-hybridized carbons (Fsp3) is 0.476. The second kappa shape index (κ2) is 7.37. The van der Waals surface area contributed by atoms with Crippen molar-refractivity contribution in [3.8, 4) is 0 Å². The fourth-order valence-electron chi connectivity index (χ4n) is 3.81. The number of hydrogen-bond acceptors (Lipinski definition) is 3. The van der Waals surface area contributed by atoms with Crippen LogP contribution in [0.5, 0.6) is 0 Å². The predicted octanol–water partition coefficient (Wildman–Crippen LogP) is 2.83. The molecule has 2 aromatic rings. The Kier molecular flexibility index (Phi) is 4.91. The normalized spacial score (nSPS) is 16.2. The zero-order valence-electron chi connectivity index (χ0n) is 16.2. The van der Waals surface area contributed by atoms with Crippen LogP contribution >= 0.6 is 0 Å². The molecule has 1 aromatic carbocycles. The fourth-order valence-corrected chi connectivity index (χ4v) is 3.81. The second-order valence-electron chi connectivity index (χ2n) is 7.89. The summed E-state index contributed by atoms with van der Waals surface area (Å²) >= 11 is 0. The smallest absolute Gasteiger partial charge is 0.287 e. The van der Waals surface area contributed by atoms with Crippen molar-refractivity contribution in [2.75, 3.05) is 6.54 Å². The lowest BCUT2D eigenvalue weighted by atomic mass is 10.1. The Morgan fingerprint density at radius 2 is 2.11 bits per heavy atom. The standard InChI is InChI=1S/C21H25FN4O2/c1-13(2)26-18-8-9-25(21(28)15-6-7-15)12-17(18)24-19(26)20(27)23-11-14-4-3-5-16(22)10-14/h3-5,10,13,15H,6-9,11-12H2,1-2H3,(H,23,27). The maximum absolute atomic E-state index is 13.3. The molecule has 1 aliphatic heterocycles. The molecule has 0 saturated heterocycles. The Morgan fingerprint density at radius 1 is 1.32 bits per heavy atom. The van der Waals surface area contributed by atoms with Crippen molar-refractivity contribution in [3.05, 3.63) is 52.9 Å². The average molecular weight is 384 g/mol. The van der Waals surface area contributed by atoms with Crippen molar-refractivity contribution in [1.82, 2.24) is 19.8 Å². The van der Waals surface area contributed by atoms with E-state index in [9.17, 15) is 14.0 Å². The summed E-state index contributed by atoms with van der Waals surface area (Å²) in [7, 11) is 0. The van der Waals surface area contributed by atoms with Crippen molar-refractivity contribution < 1.29 is 14.0 Å².